The minimum absolute atomic E-state index is 0.0809. The highest BCUT2D eigenvalue weighted by Gasteiger charge is 2.39. The van der Waals surface area contributed by atoms with Crippen molar-refractivity contribution < 1.29 is 36.0 Å². The first-order valence-corrected chi connectivity index (χ1v) is 13.9. The van der Waals surface area contributed by atoms with E-state index in [4.69, 9.17) is 4.74 Å². The van der Waals surface area contributed by atoms with Crippen molar-refractivity contribution >= 4 is 11.6 Å². The van der Waals surface area contributed by atoms with E-state index < -0.39 is 29.5 Å². The Hall–Kier alpha value is -3.50. The predicted octanol–water partition coefficient (Wildman–Crippen LogP) is 7.96. The van der Waals surface area contributed by atoms with E-state index in [2.05, 4.69) is 14.7 Å². The van der Waals surface area contributed by atoms with Gasteiger partial charge in [0, 0.05) is 49.9 Å². The number of alkyl halides is 4. The second-order valence-electron chi connectivity index (χ2n) is 10.5. The molecule has 1 saturated carbocycles. The molecule has 0 radical (unpaired) electrons. The number of aryl methyl sites for hydroxylation is 1. The average Bonchev–Trinajstić information content (AvgIpc) is 3.42. The monoisotopic (exact) mass is 579 g/mol. The van der Waals surface area contributed by atoms with Gasteiger partial charge in [-0.1, -0.05) is 23.7 Å². The Bertz CT molecular complexity index is 1300. The van der Waals surface area contributed by atoms with Gasteiger partial charge in [-0.15, -0.1) is 0 Å². The fourth-order valence-corrected chi connectivity index (χ4v) is 4.94. The second kappa shape index (κ2) is 13.0. The highest BCUT2D eigenvalue weighted by Crippen LogP contribution is 2.38. The summed E-state index contributed by atoms with van der Waals surface area (Å²) < 4.78 is 79.2. The summed E-state index contributed by atoms with van der Waals surface area (Å²) in [5, 5.41) is 3.59. The van der Waals surface area contributed by atoms with Crippen LogP contribution in [0.25, 0.3) is 11.1 Å². The molecule has 4 rings (SSSR count). The molecule has 0 N–H and O–H groups in total. The van der Waals surface area contributed by atoms with Crippen LogP contribution in [-0.4, -0.2) is 35.1 Å². The molecule has 2 aromatic carbocycles. The number of hydrogen-bond acceptors (Lipinski definition) is 5. The molecule has 0 atom stereocenters. The minimum atomic E-state index is -3.21. The molecule has 0 saturated heterocycles. The number of anilines is 1. The Morgan fingerprint density at radius 3 is 2.44 bits per heavy atom. The number of rotatable bonds is 12. The van der Waals surface area contributed by atoms with E-state index in [-0.39, 0.29) is 44.0 Å². The lowest BCUT2D eigenvalue weighted by atomic mass is 9.85. The fraction of sp³-hybridized carbons (Fsp3) is 0.500. The van der Waals surface area contributed by atoms with E-state index >= 15 is 0 Å². The van der Waals surface area contributed by atoms with Crippen molar-refractivity contribution in [3.8, 4) is 16.9 Å². The van der Waals surface area contributed by atoms with E-state index in [0.717, 1.165) is 0 Å². The molecule has 0 unspecified atom stereocenters. The predicted molar refractivity (Wildman–Crippen MR) is 144 cm³/mol. The van der Waals surface area contributed by atoms with Crippen LogP contribution in [-0.2, 0) is 17.1 Å². The number of ether oxygens (including phenoxy) is 1. The summed E-state index contributed by atoms with van der Waals surface area (Å²) in [7, 11) is 0. The average molecular weight is 580 g/mol. The maximum atomic E-state index is 14.9. The van der Waals surface area contributed by atoms with Gasteiger partial charge < -0.3 is 14.2 Å². The van der Waals surface area contributed by atoms with Crippen LogP contribution >= 0.6 is 0 Å². The lowest BCUT2D eigenvalue weighted by molar-refractivity contribution is -0.126. The Morgan fingerprint density at radius 1 is 1.10 bits per heavy atom. The standard InChI is InChI=1S/C30H34F5N3O3/c1-3-40-23-11-8-20(9-12-23)24-19-22(10-13-25(24)31)38(27(39)21-14-16-30(34,35)17-15-21)18-6-4-5-7-26-36-28(41-37-26)29(2,32)33/h8-13,19,21H,3-7,14-18H2,1-2H3. The molecule has 222 valence electrons. The van der Waals surface area contributed by atoms with Gasteiger partial charge in [-0.2, -0.15) is 13.8 Å². The molecule has 0 spiro atoms. The maximum absolute atomic E-state index is 14.9. The van der Waals surface area contributed by atoms with Crippen molar-refractivity contribution in [1.29, 1.82) is 0 Å². The molecule has 3 aromatic rings. The highest BCUT2D eigenvalue weighted by atomic mass is 19.3. The van der Waals surface area contributed by atoms with Crippen LogP contribution in [0.4, 0.5) is 27.6 Å². The Kier molecular flexibility index (Phi) is 9.65. The number of amides is 1. The molecule has 0 aliphatic heterocycles. The molecule has 1 aliphatic carbocycles. The first-order valence-electron chi connectivity index (χ1n) is 13.9. The summed E-state index contributed by atoms with van der Waals surface area (Å²) >= 11 is 0. The van der Waals surface area contributed by atoms with Crippen molar-refractivity contribution in [2.75, 3.05) is 18.1 Å². The maximum Gasteiger partial charge on any atom is 0.322 e. The molecule has 1 aliphatic rings. The molecule has 0 bridgehead atoms. The van der Waals surface area contributed by atoms with E-state index in [0.29, 0.717) is 61.8 Å². The van der Waals surface area contributed by atoms with Gasteiger partial charge >= 0.3 is 5.92 Å². The number of halogens is 5. The van der Waals surface area contributed by atoms with E-state index in [9.17, 15) is 26.7 Å². The topological polar surface area (TPSA) is 68.5 Å². The molecule has 41 heavy (non-hydrogen) atoms. The normalized spacial score (nSPS) is 15.6. The number of aromatic nitrogens is 2. The largest absolute Gasteiger partial charge is 0.494 e. The van der Waals surface area contributed by atoms with Crippen molar-refractivity contribution in [3.63, 3.8) is 0 Å². The van der Waals surface area contributed by atoms with Crippen LogP contribution in [0.2, 0.25) is 0 Å². The second-order valence-corrected chi connectivity index (χ2v) is 10.5. The summed E-state index contributed by atoms with van der Waals surface area (Å²) in [6.07, 6.45) is 1.51. The number of carbonyl (C=O) groups is 1. The third kappa shape index (κ3) is 8.04. The molecule has 1 amide bonds. The Balaban J connectivity index is 1.48. The Labute approximate surface area is 235 Å². The van der Waals surface area contributed by atoms with Crippen LogP contribution in [0.15, 0.2) is 47.0 Å². The lowest BCUT2D eigenvalue weighted by Gasteiger charge is -2.32. The van der Waals surface area contributed by atoms with Gasteiger partial charge in [0.25, 0.3) is 5.89 Å². The van der Waals surface area contributed by atoms with E-state index in [1.807, 2.05) is 6.92 Å². The third-order valence-electron chi connectivity index (χ3n) is 7.20. The van der Waals surface area contributed by atoms with E-state index in [1.165, 1.54) is 12.1 Å². The van der Waals surface area contributed by atoms with E-state index in [1.54, 1.807) is 35.2 Å². The minimum Gasteiger partial charge on any atom is -0.494 e. The zero-order valence-corrected chi connectivity index (χ0v) is 23.1. The van der Waals surface area contributed by atoms with Crippen molar-refractivity contribution in [1.82, 2.24) is 10.1 Å². The highest BCUT2D eigenvalue weighted by molar-refractivity contribution is 5.95. The summed E-state index contributed by atoms with van der Waals surface area (Å²) in [4.78, 5) is 18.9. The van der Waals surface area contributed by atoms with Crippen molar-refractivity contribution in [2.24, 2.45) is 5.92 Å². The Morgan fingerprint density at radius 2 is 1.80 bits per heavy atom. The summed E-state index contributed by atoms with van der Waals surface area (Å²) in [6, 6.07) is 11.4. The molecule has 1 aromatic heterocycles. The molecule has 6 nitrogen and oxygen atoms in total. The number of unbranched alkanes of at least 4 members (excludes halogenated alkanes) is 2. The van der Waals surface area contributed by atoms with Gasteiger partial charge in [-0.05, 0) is 68.5 Å². The van der Waals surface area contributed by atoms with Crippen LogP contribution in [0.5, 0.6) is 5.75 Å². The third-order valence-corrected chi connectivity index (χ3v) is 7.20. The summed E-state index contributed by atoms with van der Waals surface area (Å²) in [5.74, 6) is -7.17. The van der Waals surface area contributed by atoms with Gasteiger partial charge in [0.1, 0.15) is 11.6 Å². The number of carbonyl (C=O) groups excluding carboxylic acids is 1. The van der Waals surface area contributed by atoms with Gasteiger partial charge in [0.15, 0.2) is 5.82 Å². The number of nitrogens with zero attached hydrogens (tertiary/aromatic N) is 3. The molecule has 1 fully saturated rings. The molecule has 11 heteroatoms. The van der Waals surface area contributed by atoms with Gasteiger partial charge in [0.2, 0.25) is 11.8 Å². The van der Waals surface area contributed by atoms with Crippen LogP contribution in [0.3, 0.4) is 0 Å². The number of hydrogen-bond donors (Lipinski definition) is 0. The van der Waals surface area contributed by atoms with Gasteiger partial charge in [0.05, 0.1) is 6.61 Å². The zero-order chi connectivity index (χ0) is 29.6. The molecule has 1 heterocycles. The molecular weight excluding hydrogens is 545 g/mol. The smallest absolute Gasteiger partial charge is 0.322 e. The van der Waals surface area contributed by atoms with Crippen LogP contribution < -0.4 is 9.64 Å². The van der Waals surface area contributed by atoms with Gasteiger partial charge in [-0.25, -0.2) is 13.2 Å². The molecular formula is C30H34F5N3O3. The van der Waals surface area contributed by atoms with Crippen LogP contribution in [0, 0.1) is 11.7 Å². The lowest BCUT2D eigenvalue weighted by Crippen LogP contribution is -2.40. The quantitative estimate of drug-likeness (QED) is 0.161. The van der Waals surface area contributed by atoms with Gasteiger partial charge in [-0.3, -0.25) is 4.79 Å². The first-order chi connectivity index (χ1) is 19.5. The zero-order valence-electron chi connectivity index (χ0n) is 23.1. The number of benzene rings is 2. The van der Waals surface area contributed by atoms with Crippen molar-refractivity contribution in [3.05, 3.63) is 60.0 Å². The summed E-state index contributed by atoms with van der Waals surface area (Å²) in [6.45, 7) is 3.33. The fourth-order valence-electron chi connectivity index (χ4n) is 4.94. The summed E-state index contributed by atoms with van der Waals surface area (Å²) in [5.41, 5.74) is 1.39. The SMILES string of the molecule is CCOc1ccc(-c2cc(N(CCCCCc3noc(C(C)(F)F)n3)C(=O)C3CCC(F)(F)CC3)ccc2F)cc1. The van der Waals surface area contributed by atoms with Crippen molar-refractivity contribution in [2.45, 2.75) is 77.1 Å². The first kappa shape index (κ1) is 30.5. The van der Waals surface area contributed by atoms with Crippen LogP contribution in [0.1, 0.15) is 70.5 Å².